The van der Waals surface area contributed by atoms with Crippen molar-refractivity contribution in [2.24, 2.45) is 5.92 Å². The van der Waals surface area contributed by atoms with Gasteiger partial charge >= 0.3 is 0 Å². The number of rotatable bonds is 6. The van der Waals surface area contributed by atoms with Crippen molar-refractivity contribution in [3.8, 4) is 0 Å². The third-order valence-corrected chi connectivity index (χ3v) is 3.68. The van der Waals surface area contributed by atoms with Gasteiger partial charge in [0, 0.05) is 23.1 Å². The van der Waals surface area contributed by atoms with Crippen LogP contribution in [-0.2, 0) is 11.3 Å². The molecule has 3 nitrogen and oxygen atoms in total. The molecule has 106 valence electrons. The minimum absolute atomic E-state index is 0.0137. The van der Waals surface area contributed by atoms with Gasteiger partial charge in [-0.15, -0.1) is 0 Å². The summed E-state index contributed by atoms with van der Waals surface area (Å²) >= 11 is 9.56. The van der Waals surface area contributed by atoms with Crippen LogP contribution in [0.5, 0.6) is 0 Å². The molecule has 0 heterocycles. The van der Waals surface area contributed by atoms with Crippen molar-refractivity contribution in [1.82, 2.24) is 10.6 Å². The van der Waals surface area contributed by atoms with E-state index in [1.165, 1.54) is 0 Å². The highest BCUT2D eigenvalue weighted by Crippen LogP contribution is 2.21. The lowest BCUT2D eigenvalue weighted by Crippen LogP contribution is -2.43. The van der Waals surface area contributed by atoms with Crippen LogP contribution in [0.25, 0.3) is 0 Å². The van der Waals surface area contributed by atoms with Crippen LogP contribution in [0.3, 0.4) is 0 Å². The summed E-state index contributed by atoms with van der Waals surface area (Å²) < 4.78 is 0.981. The standard InChI is InChI=1S/C14H20BrClN2O/c1-9(2)6-13(14(19)17-3)18-8-10-7-11(15)4-5-12(10)16/h4-5,7,9,13,18H,6,8H2,1-3H3,(H,17,19). The Balaban J connectivity index is 2.70. The molecule has 0 saturated carbocycles. The minimum Gasteiger partial charge on any atom is -0.358 e. The van der Waals surface area contributed by atoms with Crippen molar-refractivity contribution in [2.75, 3.05) is 7.05 Å². The molecule has 0 aliphatic carbocycles. The Labute approximate surface area is 128 Å². The van der Waals surface area contributed by atoms with E-state index in [0.29, 0.717) is 17.5 Å². The number of benzene rings is 1. The maximum absolute atomic E-state index is 11.8. The average molecular weight is 348 g/mol. The van der Waals surface area contributed by atoms with E-state index in [4.69, 9.17) is 11.6 Å². The fraction of sp³-hybridized carbons (Fsp3) is 0.500. The predicted octanol–water partition coefficient (Wildman–Crippen LogP) is 3.35. The Kier molecular flexibility index (Phi) is 6.83. The highest BCUT2D eigenvalue weighted by molar-refractivity contribution is 9.10. The van der Waals surface area contributed by atoms with Crippen LogP contribution in [0.4, 0.5) is 0 Å². The molecule has 19 heavy (non-hydrogen) atoms. The largest absolute Gasteiger partial charge is 0.358 e. The van der Waals surface area contributed by atoms with E-state index < -0.39 is 0 Å². The quantitative estimate of drug-likeness (QED) is 0.828. The fourth-order valence-electron chi connectivity index (χ4n) is 1.84. The van der Waals surface area contributed by atoms with Crippen molar-refractivity contribution in [3.05, 3.63) is 33.3 Å². The maximum Gasteiger partial charge on any atom is 0.236 e. The van der Waals surface area contributed by atoms with Crippen molar-refractivity contribution in [2.45, 2.75) is 32.9 Å². The van der Waals surface area contributed by atoms with Gasteiger partial charge in [-0.25, -0.2) is 0 Å². The van der Waals surface area contributed by atoms with Gasteiger partial charge in [-0.1, -0.05) is 41.4 Å². The van der Waals surface area contributed by atoms with E-state index in [9.17, 15) is 4.79 Å². The van der Waals surface area contributed by atoms with Crippen LogP contribution in [0.1, 0.15) is 25.8 Å². The molecule has 0 radical (unpaired) electrons. The SMILES string of the molecule is CNC(=O)C(CC(C)C)NCc1cc(Br)ccc1Cl. The van der Waals surface area contributed by atoms with Crippen LogP contribution < -0.4 is 10.6 Å². The third kappa shape index (κ3) is 5.51. The Morgan fingerprint density at radius 2 is 2.11 bits per heavy atom. The first-order chi connectivity index (χ1) is 8.93. The van der Waals surface area contributed by atoms with Crippen LogP contribution in [0.15, 0.2) is 22.7 Å². The van der Waals surface area contributed by atoms with Gasteiger partial charge in [-0.2, -0.15) is 0 Å². The predicted molar refractivity (Wildman–Crippen MR) is 83.3 cm³/mol. The number of hydrogen-bond donors (Lipinski definition) is 2. The van der Waals surface area contributed by atoms with Crippen molar-refractivity contribution in [1.29, 1.82) is 0 Å². The lowest BCUT2D eigenvalue weighted by Gasteiger charge is -2.19. The molecule has 1 aromatic rings. The first-order valence-electron chi connectivity index (χ1n) is 6.33. The van der Waals surface area contributed by atoms with Crippen LogP contribution >= 0.6 is 27.5 Å². The second-order valence-corrected chi connectivity index (χ2v) is 6.24. The first kappa shape index (κ1) is 16.5. The van der Waals surface area contributed by atoms with Crippen LogP contribution in [0.2, 0.25) is 5.02 Å². The Morgan fingerprint density at radius 1 is 1.42 bits per heavy atom. The summed E-state index contributed by atoms with van der Waals surface area (Å²) in [7, 11) is 1.66. The maximum atomic E-state index is 11.8. The van der Waals surface area contributed by atoms with E-state index in [1.54, 1.807) is 7.05 Å². The molecule has 1 atom stereocenters. The Bertz CT molecular complexity index is 437. The highest BCUT2D eigenvalue weighted by atomic mass is 79.9. The van der Waals surface area contributed by atoms with E-state index >= 15 is 0 Å². The first-order valence-corrected chi connectivity index (χ1v) is 7.50. The number of nitrogens with one attached hydrogen (secondary N) is 2. The summed E-state index contributed by atoms with van der Waals surface area (Å²) in [4.78, 5) is 11.8. The molecule has 1 aromatic carbocycles. The smallest absolute Gasteiger partial charge is 0.236 e. The second-order valence-electron chi connectivity index (χ2n) is 4.91. The third-order valence-electron chi connectivity index (χ3n) is 2.82. The lowest BCUT2D eigenvalue weighted by atomic mass is 10.0. The molecule has 0 aromatic heterocycles. The molecule has 5 heteroatoms. The number of amides is 1. The van der Waals surface area contributed by atoms with Crippen LogP contribution in [-0.4, -0.2) is 19.0 Å². The molecule has 0 saturated heterocycles. The summed E-state index contributed by atoms with van der Waals surface area (Å²) in [5, 5.41) is 6.66. The van der Waals surface area contributed by atoms with Crippen molar-refractivity contribution in [3.63, 3.8) is 0 Å². The minimum atomic E-state index is -0.194. The van der Waals surface area contributed by atoms with E-state index in [0.717, 1.165) is 16.5 Å². The summed E-state index contributed by atoms with van der Waals surface area (Å²) in [5.74, 6) is 0.465. The number of carbonyl (C=O) groups is 1. The van der Waals surface area contributed by atoms with Gasteiger partial charge in [0.1, 0.15) is 0 Å². The van der Waals surface area contributed by atoms with Crippen molar-refractivity contribution < 1.29 is 4.79 Å². The molecule has 1 rings (SSSR count). The molecule has 0 spiro atoms. The van der Waals surface area contributed by atoms with Gasteiger partial charge in [0.2, 0.25) is 5.91 Å². The lowest BCUT2D eigenvalue weighted by molar-refractivity contribution is -0.123. The normalized spacial score (nSPS) is 12.5. The van der Waals surface area contributed by atoms with Gasteiger partial charge < -0.3 is 10.6 Å². The summed E-state index contributed by atoms with van der Waals surface area (Å²) in [6.07, 6.45) is 0.797. The Morgan fingerprint density at radius 3 is 2.68 bits per heavy atom. The zero-order valence-corrected chi connectivity index (χ0v) is 13.8. The van der Waals surface area contributed by atoms with Crippen LogP contribution in [0, 0.1) is 5.92 Å². The molecule has 2 N–H and O–H groups in total. The zero-order chi connectivity index (χ0) is 14.4. The van der Waals surface area contributed by atoms with Gasteiger partial charge in [0.05, 0.1) is 6.04 Å². The molecule has 0 aliphatic rings. The second kappa shape index (κ2) is 7.88. The number of hydrogen-bond acceptors (Lipinski definition) is 2. The number of carbonyl (C=O) groups excluding carboxylic acids is 1. The Hall–Kier alpha value is -0.580. The number of halogens is 2. The molecule has 0 aliphatic heterocycles. The molecule has 1 amide bonds. The van der Waals surface area contributed by atoms with Gasteiger partial charge in [-0.05, 0) is 36.1 Å². The van der Waals surface area contributed by atoms with Gasteiger partial charge in [-0.3, -0.25) is 4.79 Å². The highest BCUT2D eigenvalue weighted by Gasteiger charge is 2.18. The molecule has 0 bridgehead atoms. The summed E-state index contributed by atoms with van der Waals surface area (Å²) in [6, 6.07) is 5.52. The average Bonchev–Trinajstić information content (AvgIpc) is 2.36. The van der Waals surface area contributed by atoms with Gasteiger partial charge in [0.25, 0.3) is 0 Å². The van der Waals surface area contributed by atoms with E-state index in [-0.39, 0.29) is 11.9 Å². The monoisotopic (exact) mass is 346 g/mol. The molecular formula is C14H20BrClN2O. The van der Waals surface area contributed by atoms with Gasteiger partial charge in [0.15, 0.2) is 0 Å². The van der Waals surface area contributed by atoms with E-state index in [2.05, 4.69) is 40.4 Å². The van der Waals surface area contributed by atoms with E-state index in [1.807, 2.05) is 18.2 Å². The fourth-order valence-corrected chi connectivity index (χ4v) is 2.43. The van der Waals surface area contributed by atoms with Crippen molar-refractivity contribution >= 4 is 33.4 Å². The molecule has 1 unspecified atom stereocenters. The topological polar surface area (TPSA) is 41.1 Å². The zero-order valence-electron chi connectivity index (χ0n) is 11.5. The molecular weight excluding hydrogens is 328 g/mol. The number of likely N-dealkylation sites (N-methyl/N-ethyl adjacent to an activating group) is 1. The molecule has 0 fully saturated rings. The summed E-state index contributed by atoms with van der Waals surface area (Å²) in [6.45, 7) is 4.77. The summed E-state index contributed by atoms with van der Waals surface area (Å²) in [5.41, 5.74) is 0.980.